The summed E-state index contributed by atoms with van der Waals surface area (Å²) in [6, 6.07) is 11.7. The Bertz CT molecular complexity index is 864. The highest BCUT2D eigenvalue weighted by Gasteiger charge is 2.16. The second-order valence-corrected chi connectivity index (χ2v) is 8.20. The molecule has 0 aliphatic heterocycles. The van der Waals surface area contributed by atoms with E-state index in [1.54, 1.807) is 6.07 Å². The van der Waals surface area contributed by atoms with Gasteiger partial charge in [0.25, 0.3) is 5.91 Å². The molecule has 0 fully saturated rings. The number of amides is 1. The molecule has 24 heavy (non-hydrogen) atoms. The molecule has 128 valence electrons. The minimum absolute atomic E-state index is 0.0572. The first-order valence-electron chi connectivity index (χ1n) is 7.21. The molecular weight excluding hydrogens is 348 g/mol. The third-order valence-electron chi connectivity index (χ3n) is 3.28. The first-order valence-corrected chi connectivity index (χ1v) is 9.48. The Balaban J connectivity index is 2.25. The molecule has 0 atom stereocenters. The van der Waals surface area contributed by atoms with Gasteiger partial charge in [0, 0.05) is 24.1 Å². The van der Waals surface area contributed by atoms with Crippen molar-refractivity contribution in [3.05, 3.63) is 58.6 Å². The average molecular weight is 367 g/mol. The molecule has 1 N–H and O–H groups in total. The van der Waals surface area contributed by atoms with E-state index in [2.05, 4.69) is 5.32 Å². The van der Waals surface area contributed by atoms with Gasteiger partial charge in [-0.15, -0.1) is 0 Å². The quantitative estimate of drug-likeness (QED) is 0.883. The van der Waals surface area contributed by atoms with Crippen LogP contribution in [0.2, 0.25) is 5.02 Å². The summed E-state index contributed by atoms with van der Waals surface area (Å²) in [5, 5.41) is 2.87. The van der Waals surface area contributed by atoms with Crippen LogP contribution >= 0.6 is 11.6 Å². The summed E-state index contributed by atoms with van der Waals surface area (Å²) in [5.74, 6) is -0.390. The molecule has 0 aromatic heterocycles. The van der Waals surface area contributed by atoms with Gasteiger partial charge in [-0.1, -0.05) is 23.7 Å². The summed E-state index contributed by atoms with van der Waals surface area (Å²) < 4.78 is 23.4. The summed E-state index contributed by atoms with van der Waals surface area (Å²) in [7, 11) is 0.428. The molecule has 0 aliphatic carbocycles. The maximum Gasteiger partial charge on any atom is 0.255 e. The monoisotopic (exact) mass is 366 g/mol. The van der Waals surface area contributed by atoms with E-state index in [1.807, 2.05) is 37.2 Å². The first-order chi connectivity index (χ1) is 11.2. The predicted octanol–water partition coefficient (Wildman–Crippen LogP) is 3.06. The minimum atomic E-state index is -3.50. The van der Waals surface area contributed by atoms with Gasteiger partial charge in [-0.05, 0) is 50.0 Å². The van der Waals surface area contributed by atoms with Gasteiger partial charge in [0.2, 0.25) is 0 Å². The van der Waals surface area contributed by atoms with Crippen molar-refractivity contribution < 1.29 is 13.2 Å². The maximum atomic E-state index is 12.4. The largest absolute Gasteiger partial charge is 0.322 e. The van der Waals surface area contributed by atoms with Gasteiger partial charge in [-0.2, -0.15) is 0 Å². The van der Waals surface area contributed by atoms with E-state index in [4.69, 9.17) is 11.6 Å². The lowest BCUT2D eigenvalue weighted by Gasteiger charge is -2.12. The van der Waals surface area contributed by atoms with Gasteiger partial charge in [-0.3, -0.25) is 4.79 Å². The van der Waals surface area contributed by atoms with Crippen molar-refractivity contribution in [1.29, 1.82) is 0 Å². The minimum Gasteiger partial charge on any atom is -0.322 e. The maximum absolute atomic E-state index is 12.4. The lowest BCUT2D eigenvalue weighted by Crippen LogP contribution is -2.14. The fourth-order valence-corrected chi connectivity index (χ4v) is 3.55. The van der Waals surface area contributed by atoms with Crippen LogP contribution < -0.4 is 5.32 Å². The molecule has 0 unspecified atom stereocenters. The fourth-order valence-electron chi connectivity index (χ4n) is 2.24. The van der Waals surface area contributed by atoms with Crippen LogP contribution in [0.1, 0.15) is 15.9 Å². The van der Waals surface area contributed by atoms with Crippen molar-refractivity contribution in [2.75, 3.05) is 25.7 Å². The van der Waals surface area contributed by atoms with Crippen molar-refractivity contribution in [1.82, 2.24) is 4.90 Å². The van der Waals surface area contributed by atoms with Crippen LogP contribution in [0, 0.1) is 0 Å². The third-order valence-corrected chi connectivity index (χ3v) is 4.85. The van der Waals surface area contributed by atoms with Crippen molar-refractivity contribution in [2.45, 2.75) is 11.4 Å². The number of rotatable bonds is 5. The van der Waals surface area contributed by atoms with E-state index in [9.17, 15) is 13.2 Å². The molecule has 5 nitrogen and oxygen atoms in total. The van der Waals surface area contributed by atoms with Crippen LogP contribution in [0.4, 0.5) is 5.69 Å². The molecular formula is C17H19ClN2O3S. The van der Waals surface area contributed by atoms with Gasteiger partial charge in [-0.25, -0.2) is 8.42 Å². The van der Waals surface area contributed by atoms with Crippen LogP contribution in [0.5, 0.6) is 0 Å². The molecule has 7 heteroatoms. The summed E-state index contributed by atoms with van der Waals surface area (Å²) >= 11 is 5.90. The highest BCUT2D eigenvalue weighted by atomic mass is 35.5. The molecule has 0 aliphatic rings. The van der Waals surface area contributed by atoms with E-state index >= 15 is 0 Å². The van der Waals surface area contributed by atoms with Gasteiger partial charge in [0.05, 0.1) is 9.92 Å². The molecule has 0 bridgehead atoms. The standard InChI is InChI=1S/C17H19ClN2O3S/c1-20(2)11-12-5-4-6-14(9-12)19-17(21)13-7-8-15(18)16(10-13)24(3,22)23/h4-10H,11H2,1-3H3,(H,19,21). The number of halogens is 1. The number of anilines is 1. The molecule has 0 spiro atoms. The topological polar surface area (TPSA) is 66.5 Å². The molecule has 0 saturated heterocycles. The van der Waals surface area contributed by atoms with E-state index in [0.717, 1.165) is 18.4 Å². The Hall–Kier alpha value is -1.89. The Morgan fingerprint density at radius 1 is 1.17 bits per heavy atom. The zero-order chi connectivity index (χ0) is 17.9. The van der Waals surface area contributed by atoms with Crippen molar-refractivity contribution in [2.24, 2.45) is 0 Å². The number of hydrogen-bond donors (Lipinski definition) is 1. The predicted molar refractivity (Wildman–Crippen MR) is 96.3 cm³/mol. The summed E-state index contributed by atoms with van der Waals surface area (Å²) in [6.07, 6.45) is 1.06. The highest BCUT2D eigenvalue weighted by molar-refractivity contribution is 7.90. The number of nitrogens with zero attached hydrogens (tertiary/aromatic N) is 1. The van der Waals surface area contributed by atoms with Crippen LogP contribution in [-0.2, 0) is 16.4 Å². The second-order valence-electron chi connectivity index (χ2n) is 5.81. The molecule has 0 saturated carbocycles. The third kappa shape index (κ3) is 4.80. The fraction of sp³-hybridized carbons (Fsp3) is 0.235. The normalized spacial score (nSPS) is 11.5. The number of nitrogens with one attached hydrogen (secondary N) is 1. The van der Waals surface area contributed by atoms with Crippen molar-refractivity contribution in [3.8, 4) is 0 Å². The Labute approximate surface area is 147 Å². The molecule has 2 aromatic carbocycles. The number of sulfone groups is 1. The second kappa shape index (κ2) is 7.34. The number of benzene rings is 2. The van der Waals surface area contributed by atoms with Crippen molar-refractivity contribution in [3.63, 3.8) is 0 Å². The molecule has 2 rings (SSSR count). The lowest BCUT2D eigenvalue weighted by atomic mass is 10.1. The number of carbonyl (C=O) groups excluding carboxylic acids is 1. The zero-order valence-corrected chi connectivity index (χ0v) is 15.3. The van der Waals surface area contributed by atoms with Crippen molar-refractivity contribution >= 4 is 33.0 Å². The summed E-state index contributed by atoms with van der Waals surface area (Å²) in [4.78, 5) is 14.3. The van der Waals surface area contributed by atoms with Crippen LogP contribution in [0.25, 0.3) is 0 Å². The van der Waals surface area contributed by atoms with E-state index in [1.165, 1.54) is 18.2 Å². The van der Waals surface area contributed by atoms with E-state index in [-0.39, 0.29) is 15.5 Å². The Morgan fingerprint density at radius 3 is 2.50 bits per heavy atom. The Kier molecular flexibility index (Phi) is 5.64. The van der Waals surface area contributed by atoms with Gasteiger partial charge >= 0.3 is 0 Å². The highest BCUT2D eigenvalue weighted by Crippen LogP contribution is 2.23. The van der Waals surface area contributed by atoms with Crippen LogP contribution in [-0.4, -0.2) is 39.6 Å². The summed E-state index contributed by atoms with van der Waals surface area (Å²) in [5.41, 5.74) is 1.94. The number of hydrogen-bond acceptors (Lipinski definition) is 4. The summed E-state index contributed by atoms with van der Waals surface area (Å²) in [6.45, 7) is 0.753. The molecule has 2 aromatic rings. The van der Waals surface area contributed by atoms with Crippen LogP contribution in [0.3, 0.4) is 0 Å². The van der Waals surface area contributed by atoms with Crippen LogP contribution in [0.15, 0.2) is 47.4 Å². The average Bonchev–Trinajstić information content (AvgIpc) is 2.46. The lowest BCUT2D eigenvalue weighted by molar-refractivity contribution is 0.102. The van der Waals surface area contributed by atoms with Gasteiger partial charge in [0.15, 0.2) is 9.84 Å². The van der Waals surface area contributed by atoms with Gasteiger partial charge in [0.1, 0.15) is 0 Å². The first kappa shape index (κ1) is 18.4. The molecule has 0 heterocycles. The zero-order valence-electron chi connectivity index (χ0n) is 13.7. The molecule has 0 radical (unpaired) electrons. The SMILES string of the molecule is CN(C)Cc1cccc(NC(=O)c2ccc(Cl)c(S(C)(=O)=O)c2)c1. The van der Waals surface area contributed by atoms with E-state index in [0.29, 0.717) is 5.69 Å². The van der Waals surface area contributed by atoms with E-state index < -0.39 is 15.7 Å². The van der Waals surface area contributed by atoms with Gasteiger partial charge < -0.3 is 10.2 Å². The molecule has 1 amide bonds. The number of carbonyl (C=O) groups is 1. The smallest absolute Gasteiger partial charge is 0.255 e. The Morgan fingerprint density at radius 2 is 1.88 bits per heavy atom.